The molecule has 106 valence electrons. The van der Waals surface area contributed by atoms with Crippen LogP contribution in [0.4, 0.5) is 0 Å². The van der Waals surface area contributed by atoms with Crippen LogP contribution in [0.15, 0.2) is 24.7 Å². The van der Waals surface area contributed by atoms with Gasteiger partial charge in [-0.3, -0.25) is 9.97 Å². The molecule has 0 aliphatic carbocycles. The van der Waals surface area contributed by atoms with Gasteiger partial charge in [-0.2, -0.15) is 0 Å². The van der Waals surface area contributed by atoms with Gasteiger partial charge in [0.1, 0.15) is 5.75 Å². The predicted molar refractivity (Wildman–Crippen MR) is 77.9 cm³/mol. The molecule has 0 aromatic carbocycles. The minimum atomic E-state index is -0.609. The lowest BCUT2D eigenvalue weighted by Gasteiger charge is -2.16. The smallest absolute Gasteiger partial charge is 0.128 e. The topological polar surface area (TPSA) is 55.2 Å². The van der Waals surface area contributed by atoms with Crippen molar-refractivity contribution >= 4 is 0 Å². The molecule has 0 spiro atoms. The highest BCUT2D eigenvalue weighted by Gasteiger charge is 2.16. The zero-order valence-corrected chi connectivity index (χ0v) is 12.3. The Balaban J connectivity index is 2.29. The van der Waals surface area contributed by atoms with E-state index in [1.807, 2.05) is 26.8 Å². The van der Waals surface area contributed by atoms with Gasteiger partial charge in [-0.1, -0.05) is 0 Å². The van der Waals surface area contributed by atoms with E-state index in [2.05, 4.69) is 9.97 Å². The van der Waals surface area contributed by atoms with Gasteiger partial charge in [0.2, 0.25) is 0 Å². The van der Waals surface area contributed by atoms with E-state index >= 15 is 0 Å². The molecule has 0 aliphatic heterocycles. The minimum Gasteiger partial charge on any atom is -0.496 e. The number of aliphatic hydroxyl groups excluding tert-OH is 1. The molecule has 2 rings (SSSR count). The summed E-state index contributed by atoms with van der Waals surface area (Å²) < 4.78 is 5.39. The normalized spacial score (nSPS) is 12.2. The van der Waals surface area contributed by atoms with E-state index in [1.165, 1.54) is 0 Å². The van der Waals surface area contributed by atoms with E-state index in [0.29, 0.717) is 6.42 Å². The van der Waals surface area contributed by atoms with Gasteiger partial charge in [0.25, 0.3) is 0 Å². The van der Waals surface area contributed by atoms with Crippen LogP contribution in [0, 0.1) is 20.8 Å². The van der Waals surface area contributed by atoms with Gasteiger partial charge >= 0.3 is 0 Å². The highest BCUT2D eigenvalue weighted by molar-refractivity contribution is 5.41. The van der Waals surface area contributed by atoms with Gasteiger partial charge in [0.15, 0.2) is 0 Å². The van der Waals surface area contributed by atoms with Crippen molar-refractivity contribution in [3.05, 3.63) is 52.6 Å². The van der Waals surface area contributed by atoms with Crippen molar-refractivity contribution in [3.63, 3.8) is 0 Å². The number of methoxy groups -OCH3 is 1. The number of rotatable bonds is 4. The van der Waals surface area contributed by atoms with Crippen molar-refractivity contribution in [1.29, 1.82) is 0 Å². The maximum absolute atomic E-state index is 10.4. The first-order chi connectivity index (χ1) is 9.54. The van der Waals surface area contributed by atoms with Gasteiger partial charge in [0, 0.05) is 47.4 Å². The zero-order chi connectivity index (χ0) is 14.7. The van der Waals surface area contributed by atoms with Crippen LogP contribution < -0.4 is 4.74 Å². The molecule has 2 heterocycles. The van der Waals surface area contributed by atoms with E-state index in [0.717, 1.165) is 33.7 Å². The fourth-order valence-electron chi connectivity index (χ4n) is 2.40. The fourth-order valence-corrected chi connectivity index (χ4v) is 2.40. The number of hydrogen-bond acceptors (Lipinski definition) is 4. The third kappa shape index (κ3) is 2.80. The van der Waals surface area contributed by atoms with Crippen molar-refractivity contribution in [3.8, 4) is 5.75 Å². The number of nitrogens with zero attached hydrogens (tertiary/aromatic N) is 2. The summed E-state index contributed by atoms with van der Waals surface area (Å²) in [7, 11) is 1.65. The summed E-state index contributed by atoms with van der Waals surface area (Å²) in [5.74, 6) is 0.838. The van der Waals surface area contributed by atoms with E-state index in [-0.39, 0.29) is 0 Å². The molecule has 4 nitrogen and oxygen atoms in total. The van der Waals surface area contributed by atoms with Gasteiger partial charge in [0.05, 0.1) is 13.2 Å². The van der Waals surface area contributed by atoms with Crippen LogP contribution in [-0.4, -0.2) is 22.2 Å². The van der Waals surface area contributed by atoms with Crippen LogP contribution in [0.25, 0.3) is 0 Å². The van der Waals surface area contributed by atoms with E-state index in [1.54, 1.807) is 25.7 Å². The molecule has 1 atom stereocenters. The standard InChI is InChI=1S/C16H20N2O2/c1-10-5-6-17-9-13(10)15(19)7-14-12(3)16(20-4)11(2)8-18-14/h5-6,8-9,15,19H,7H2,1-4H3. The number of hydrogen-bond donors (Lipinski definition) is 1. The molecule has 1 unspecified atom stereocenters. The molecule has 0 aliphatic rings. The molecule has 4 heteroatoms. The van der Waals surface area contributed by atoms with Crippen molar-refractivity contribution in [2.45, 2.75) is 33.3 Å². The second-order valence-corrected chi connectivity index (χ2v) is 5.00. The van der Waals surface area contributed by atoms with Gasteiger partial charge in [-0.15, -0.1) is 0 Å². The third-order valence-electron chi connectivity index (χ3n) is 3.58. The molecule has 0 amide bonds. The average molecular weight is 272 g/mol. The molecule has 20 heavy (non-hydrogen) atoms. The second-order valence-electron chi connectivity index (χ2n) is 5.00. The summed E-state index contributed by atoms with van der Waals surface area (Å²) in [5, 5.41) is 10.4. The number of aryl methyl sites for hydroxylation is 2. The number of pyridine rings is 2. The summed E-state index contributed by atoms with van der Waals surface area (Å²) in [5.41, 5.74) is 4.70. The Morgan fingerprint density at radius 1 is 1.20 bits per heavy atom. The monoisotopic (exact) mass is 272 g/mol. The molecule has 0 saturated carbocycles. The zero-order valence-electron chi connectivity index (χ0n) is 12.3. The number of ether oxygens (including phenoxy) is 1. The lowest BCUT2D eigenvalue weighted by atomic mass is 9.99. The van der Waals surface area contributed by atoms with E-state index in [4.69, 9.17) is 4.74 Å². The largest absolute Gasteiger partial charge is 0.496 e. The SMILES string of the molecule is COc1c(C)cnc(CC(O)c2cnccc2C)c1C. The minimum absolute atomic E-state index is 0.453. The maximum Gasteiger partial charge on any atom is 0.128 e. The lowest BCUT2D eigenvalue weighted by Crippen LogP contribution is -2.08. The van der Waals surface area contributed by atoms with Crippen molar-refractivity contribution < 1.29 is 9.84 Å². The first-order valence-corrected chi connectivity index (χ1v) is 6.62. The van der Waals surface area contributed by atoms with Crippen LogP contribution in [0.3, 0.4) is 0 Å². The molecular weight excluding hydrogens is 252 g/mol. The van der Waals surface area contributed by atoms with E-state index < -0.39 is 6.10 Å². The highest BCUT2D eigenvalue weighted by Crippen LogP contribution is 2.27. The molecule has 0 saturated heterocycles. The Morgan fingerprint density at radius 2 is 1.95 bits per heavy atom. The Kier molecular flexibility index (Phi) is 4.35. The number of aliphatic hydroxyl groups is 1. The molecule has 2 aromatic heterocycles. The molecule has 0 radical (unpaired) electrons. The van der Waals surface area contributed by atoms with Crippen LogP contribution in [0.2, 0.25) is 0 Å². The third-order valence-corrected chi connectivity index (χ3v) is 3.58. The summed E-state index contributed by atoms with van der Waals surface area (Å²) in [4.78, 5) is 8.49. The van der Waals surface area contributed by atoms with Crippen LogP contribution >= 0.6 is 0 Å². The molecular formula is C16H20N2O2. The first kappa shape index (κ1) is 14.5. The lowest BCUT2D eigenvalue weighted by molar-refractivity contribution is 0.175. The molecule has 0 fully saturated rings. The van der Waals surface area contributed by atoms with Gasteiger partial charge in [-0.05, 0) is 32.4 Å². The van der Waals surface area contributed by atoms with Gasteiger partial charge in [-0.25, -0.2) is 0 Å². The average Bonchev–Trinajstić information content (AvgIpc) is 2.43. The van der Waals surface area contributed by atoms with Crippen LogP contribution in [-0.2, 0) is 6.42 Å². The summed E-state index contributed by atoms with van der Waals surface area (Å²) >= 11 is 0. The summed E-state index contributed by atoms with van der Waals surface area (Å²) in [6.07, 6.45) is 5.06. The molecule has 1 N–H and O–H groups in total. The van der Waals surface area contributed by atoms with Crippen LogP contribution in [0.5, 0.6) is 5.75 Å². The fraction of sp³-hybridized carbons (Fsp3) is 0.375. The Labute approximate surface area is 119 Å². The maximum atomic E-state index is 10.4. The quantitative estimate of drug-likeness (QED) is 0.929. The Morgan fingerprint density at radius 3 is 2.60 bits per heavy atom. The Hall–Kier alpha value is -1.94. The molecule has 2 aromatic rings. The van der Waals surface area contributed by atoms with Crippen molar-refractivity contribution in [1.82, 2.24) is 9.97 Å². The number of aromatic nitrogens is 2. The van der Waals surface area contributed by atoms with Crippen LogP contribution in [0.1, 0.15) is 34.1 Å². The van der Waals surface area contributed by atoms with Crippen molar-refractivity contribution in [2.75, 3.05) is 7.11 Å². The predicted octanol–water partition coefficient (Wildman–Crippen LogP) is 2.69. The van der Waals surface area contributed by atoms with Crippen molar-refractivity contribution in [2.24, 2.45) is 0 Å². The summed E-state index contributed by atoms with van der Waals surface area (Å²) in [6.45, 7) is 5.90. The molecule has 0 bridgehead atoms. The Bertz CT molecular complexity index is 611. The van der Waals surface area contributed by atoms with E-state index in [9.17, 15) is 5.11 Å². The first-order valence-electron chi connectivity index (χ1n) is 6.62. The summed E-state index contributed by atoms with van der Waals surface area (Å²) in [6, 6.07) is 1.90. The highest BCUT2D eigenvalue weighted by atomic mass is 16.5. The van der Waals surface area contributed by atoms with Gasteiger partial charge < -0.3 is 9.84 Å². The second kappa shape index (κ2) is 6.01.